The minimum absolute atomic E-state index is 0.0107. The molecule has 0 aromatic heterocycles. The zero-order chi connectivity index (χ0) is 25.2. The highest BCUT2D eigenvalue weighted by molar-refractivity contribution is 9.10. The smallest absolute Gasteiger partial charge is 0.416 e. The third kappa shape index (κ3) is 5.14. The van der Waals surface area contributed by atoms with E-state index in [1.54, 1.807) is 0 Å². The zero-order valence-corrected chi connectivity index (χ0v) is 19.1. The summed E-state index contributed by atoms with van der Waals surface area (Å²) in [6, 6.07) is 4.30. The largest absolute Gasteiger partial charge is 0.466 e. The predicted molar refractivity (Wildman–Crippen MR) is 110 cm³/mol. The predicted octanol–water partition coefficient (Wildman–Crippen LogP) is 4.93. The summed E-state index contributed by atoms with van der Waals surface area (Å²) in [5.41, 5.74) is -2.02. The van der Waals surface area contributed by atoms with E-state index in [1.165, 1.54) is 18.2 Å². The normalized spacial score (nSPS) is 14.2. The van der Waals surface area contributed by atoms with E-state index in [4.69, 9.17) is 14.2 Å². The lowest BCUT2D eigenvalue weighted by Gasteiger charge is -2.32. The van der Waals surface area contributed by atoms with Crippen molar-refractivity contribution in [3.05, 3.63) is 63.3 Å². The summed E-state index contributed by atoms with van der Waals surface area (Å²) in [5.74, 6) is -6.42. The van der Waals surface area contributed by atoms with Gasteiger partial charge in [-0.3, -0.25) is 0 Å². The van der Waals surface area contributed by atoms with Gasteiger partial charge in [0.05, 0.1) is 37.7 Å². The number of rotatable bonds is 5. The summed E-state index contributed by atoms with van der Waals surface area (Å²) >= 11 is 3.17. The fourth-order valence-electron chi connectivity index (χ4n) is 3.06. The molecule has 1 aliphatic rings. The fraction of sp³-hybridized carbons (Fsp3) is 0.238. The number of carbonyl (C=O) groups excluding carboxylic acids is 2. The van der Waals surface area contributed by atoms with Crippen LogP contribution in [0.3, 0.4) is 0 Å². The van der Waals surface area contributed by atoms with E-state index in [0.717, 1.165) is 19.1 Å². The number of hydrogen-bond donors (Lipinski definition) is 0. The van der Waals surface area contributed by atoms with Crippen LogP contribution in [0.25, 0.3) is 0 Å². The summed E-state index contributed by atoms with van der Waals surface area (Å²) in [6.45, 7) is -0.594. The molecule has 3 rings (SSSR count). The maximum Gasteiger partial charge on any atom is 0.416 e. The Kier molecular flexibility index (Phi) is 7.46. The van der Waals surface area contributed by atoms with Gasteiger partial charge in [0.2, 0.25) is 0 Å². The van der Waals surface area contributed by atoms with Crippen LogP contribution in [0.1, 0.15) is 5.56 Å². The molecule has 34 heavy (non-hydrogen) atoms. The SMILES string of the molecule is COC(=O)C1=C(C(=O)OC)N(c2ccc(Br)cc2Oc2c(F)cc(C(F)(F)F)cc2F)COC1. The van der Waals surface area contributed by atoms with Gasteiger partial charge >= 0.3 is 18.1 Å². The average molecular weight is 552 g/mol. The molecule has 1 heterocycles. The number of nitrogens with zero attached hydrogens (tertiary/aromatic N) is 1. The second-order valence-electron chi connectivity index (χ2n) is 6.70. The fourth-order valence-corrected chi connectivity index (χ4v) is 3.40. The topological polar surface area (TPSA) is 74.3 Å². The highest BCUT2D eigenvalue weighted by Crippen LogP contribution is 2.41. The molecule has 0 fully saturated rings. The molecule has 1 aliphatic heterocycles. The maximum absolute atomic E-state index is 14.4. The Morgan fingerprint density at radius 3 is 2.21 bits per heavy atom. The Labute approximate surface area is 197 Å². The van der Waals surface area contributed by atoms with Gasteiger partial charge in [0, 0.05) is 4.47 Å². The number of alkyl halides is 3. The van der Waals surface area contributed by atoms with Crippen LogP contribution in [-0.2, 0) is 30.0 Å². The lowest BCUT2D eigenvalue weighted by molar-refractivity contribution is -0.140. The molecule has 0 spiro atoms. The van der Waals surface area contributed by atoms with Gasteiger partial charge in [-0.05, 0) is 30.3 Å². The van der Waals surface area contributed by atoms with Crippen molar-refractivity contribution in [2.75, 3.05) is 32.5 Å². The summed E-state index contributed by atoms with van der Waals surface area (Å²) in [7, 11) is 2.16. The Hall–Kier alpha value is -3.19. The van der Waals surface area contributed by atoms with Crippen molar-refractivity contribution in [3.8, 4) is 11.5 Å². The number of anilines is 1. The highest BCUT2D eigenvalue weighted by Gasteiger charge is 2.35. The molecule has 0 saturated carbocycles. The molecule has 0 N–H and O–H groups in total. The lowest BCUT2D eigenvalue weighted by atomic mass is 10.1. The van der Waals surface area contributed by atoms with E-state index in [1.807, 2.05) is 0 Å². The minimum Gasteiger partial charge on any atom is -0.466 e. The second-order valence-corrected chi connectivity index (χ2v) is 7.61. The molecule has 7 nitrogen and oxygen atoms in total. The number of hydrogen-bond acceptors (Lipinski definition) is 7. The van der Waals surface area contributed by atoms with Crippen LogP contribution in [0.4, 0.5) is 27.6 Å². The van der Waals surface area contributed by atoms with Crippen LogP contribution in [0.5, 0.6) is 11.5 Å². The van der Waals surface area contributed by atoms with Gasteiger partial charge in [-0.1, -0.05) is 15.9 Å². The highest BCUT2D eigenvalue weighted by atomic mass is 79.9. The van der Waals surface area contributed by atoms with Gasteiger partial charge in [0.25, 0.3) is 0 Å². The Morgan fingerprint density at radius 1 is 1.03 bits per heavy atom. The first-order chi connectivity index (χ1) is 16.0. The van der Waals surface area contributed by atoms with Crippen molar-refractivity contribution in [2.45, 2.75) is 6.18 Å². The van der Waals surface area contributed by atoms with Gasteiger partial charge < -0.3 is 23.8 Å². The summed E-state index contributed by atoms with van der Waals surface area (Å²) in [5, 5.41) is 0. The summed E-state index contributed by atoms with van der Waals surface area (Å²) in [4.78, 5) is 25.8. The first kappa shape index (κ1) is 25.4. The van der Waals surface area contributed by atoms with Crippen molar-refractivity contribution >= 4 is 33.6 Å². The molecular weight excluding hydrogens is 537 g/mol. The van der Waals surface area contributed by atoms with Crippen LogP contribution in [0.2, 0.25) is 0 Å². The molecule has 2 aromatic rings. The van der Waals surface area contributed by atoms with Gasteiger partial charge in [-0.2, -0.15) is 13.2 Å². The van der Waals surface area contributed by atoms with Crippen molar-refractivity contribution in [1.29, 1.82) is 0 Å². The third-order valence-corrected chi connectivity index (χ3v) is 5.08. The minimum atomic E-state index is -4.98. The molecule has 182 valence electrons. The first-order valence-corrected chi connectivity index (χ1v) is 10.1. The average Bonchev–Trinajstić information content (AvgIpc) is 2.79. The molecule has 0 atom stereocenters. The molecule has 0 unspecified atom stereocenters. The van der Waals surface area contributed by atoms with Gasteiger partial charge in [0.15, 0.2) is 23.1 Å². The van der Waals surface area contributed by atoms with Crippen LogP contribution in [-0.4, -0.2) is 39.5 Å². The molecule has 0 aliphatic carbocycles. The monoisotopic (exact) mass is 551 g/mol. The standard InChI is InChI=1S/C21H15BrF5NO6/c1-31-19(29)12-8-33-9-28(17(12)20(30)32-2)15-4-3-11(22)7-16(15)34-18-13(23)5-10(6-14(18)24)21(25,26)27/h3-7H,8-9H2,1-2H3. The number of ether oxygens (including phenoxy) is 4. The van der Waals surface area contributed by atoms with Crippen molar-refractivity contribution < 1.29 is 50.5 Å². The Balaban J connectivity index is 2.13. The second kappa shape index (κ2) is 9.97. The van der Waals surface area contributed by atoms with E-state index in [2.05, 4.69) is 20.7 Å². The van der Waals surface area contributed by atoms with Crippen LogP contribution in [0, 0.1) is 11.6 Å². The Bertz CT molecular complexity index is 1140. The third-order valence-electron chi connectivity index (χ3n) is 4.58. The van der Waals surface area contributed by atoms with Crippen molar-refractivity contribution in [2.24, 2.45) is 0 Å². The molecule has 13 heteroatoms. The number of esters is 2. The number of halogens is 6. The molecule has 0 bridgehead atoms. The molecule has 2 aromatic carbocycles. The van der Waals surface area contributed by atoms with Gasteiger partial charge in [-0.15, -0.1) is 0 Å². The Morgan fingerprint density at radius 2 is 1.65 bits per heavy atom. The maximum atomic E-state index is 14.4. The van der Waals surface area contributed by atoms with E-state index >= 15 is 0 Å². The number of methoxy groups -OCH3 is 2. The van der Waals surface area contributed by atoms with E-state index in [0.29, 0.717) is 4.47 Å². The van der Waals surface area contributed by atoms with Crippen molar-refractivity contribution in [1.82, 2.24) is 0 Å². The molecule has 0 radical (unpaired) electrons. The molecule has 0 saturated heterocycles. The summed E-state index contributed by atoms with van der Waals surface area (Å²) in [6.07, 6.45) is -4.98. The molecular formula is C21H15BrF5NO6. The lowest BCUT2D eigenvalue weighted by Crippen LogP contribution is -2.39. The number of carbonyl (C=O) groups is 2. The van der Waals surface area contributed by atoms with Gasteiger partial charge in [0.1, 0.15) is 12.4 Å². The number of benzene rings is 2. The first-order valence-electron chi connectivity index (χ1n) is 9.26. The molecule has 0 amide bonds. The van der Waals surface area contributed by atoms with Crippen LogP contribution in [0.15, 0.2) is 46.1 Å². The zero-order valence-electron chi connectivity index (χ0n) is 17.5. The van der Waals surface area contributed by atoms with E-state index in [-0.39, 0.29) is 48.2 Å². The quantitative estimate of drug-likeness (QED) is 0.385. The summed E-state index contributed by atoms with van der Waals surface area (Å²) < 4.78 is 87.9. The van der Waals surface area contributed by atoms with Gasteiger partial charge in [-0.25, -0.2) is 18.4 Å². The van der Waals surface area contributed by atoms with Crippen molar-refractivity contribution in [3.63, 3.8) is 0 Å². The van der Waals surface area contributed by atoms with Crippen LogP contribution < -0.4 is 9.64 Å². The van der Waals surface area contributed by atoms with E-state index < -0.39 is 41.1 Å². The van der Waals surface area contributed by atoms with E-state index in [9.17, 15) is 31.5 Å². The van der Waals surface area contributed by atoms with Crippen LogP contribution >= 0.6 is 15.9 Å².